The van der Waals surface area contributed by atoms with Gasteiger partial charge in [-0.3, -0.25) is 9.69 Å². The molecule has 0 saturated carbocycles. The molecule has 1 fully saturated rings. The quantitative estimate of drug-likeness (QED) is 0.781. The van der Waals surface area contributed by atoms with E-state index in [1.807, 2.05) is 18.2 Å². The van der Waals surface area contributed by atoms with Crippen molar-refractivity contribution >= 4 is 5.97 Å². The number of rotatable bonds is 3. The SMILES string of the molecule is O=C(O)[C@@H]1CN(Cc2ccccc2)CCN1. The molecule has 0 aromatic heterocycles. The van der Waals surface area contributed by atoms with Gasteiger partial charge in [-0.1, -0.05) is 30.3 Å². The third-order valence-electron chi connectivity index (χ3n) is 2.81. The van der Waals surface area contributed by atoms with E-state index in [0.717, 1.165) is 19.6 Å². The third-order valence-corrected chi connectivity index (χ3v) is 2.81. The van der Waals surface area contributed by atoms with E-state index in [4.69, 9.17) is 5.11 Å². The molecule has 1 aliphatic heterocycles. The average Bonchev–Trinajstić information content (AvgIpc) is 2.30. The van der Waals surface area contributed by atoms with Gasteiger partial charge in [-0.15, -0.1) is 0 Å². The van der Waals surface area contributed by atoms with Gasteiger partial charge in [0.1, 0.15) is 6.04 Å². The second-order valence-electron chi connectivity index (χ2n) is 4.07. The number of carboxylic acids is 1. The van der Waals surface area contributed by atoms with Crippen molar-refractivity contribution in [3.8, 4) is 0 Å². The van der Waals surface area contributed by atoms with Crippen LogP contribution in [-0.4, -0.2) is 41.7 Å². The van der Waals surface area contributed by atoms with E-state index < -0.39 is 12.0 Å². The summed E-state index contributed by atoms with van der Waals surface area (Å²) in [6.07, 6.45) is 0. The average molecular weight is 220 g/mol. The van der Waals surface area contributed by atoms with Crippen molar-refractivity contribution in [2.75, 3.05) is 19.6 Å². The molecule has 0 unspecified atom stereocenters. The summed E-state index contributed by atoms with van der Waals surface area (Å²) < 4.78 is 0. The molecule has 86 valence electrons. The zero-order valence-corrected chi connectivity index (χ0v) is 9.10. The molecule has 2 N–H and O–H groups in total. The van der Waals surface area contributed by atoms with Crippen LogP contribution >= 0.6 is 0 Å². The van der Waals surface area contributed by atoms with Crippen molar-refractivity contribution in [1.82, 2.24) is 10.2 Å². The molecule has 1 aliphatic rings. The Bertz CT molecular complexity index is 353. The minimum atomic E-state index is -0.766. The van der Waals surface area contributed by atoms with Gasteiger partial charge in [0.15, 0.2) is 0 Å². The molecule has 1 aromatic carbocycles. The predicted molar refractivity (Wildman–Crippen MR) is 61.1 cm³/mol. The number of hydrogen-bond donors (Lipinski definition) is 2. The first kappa shape index (κ1) is 11.1. The molecule has 1 heterocycles. The minimum absolute atomic E-state index is 0.433. The number of nitrogens with one attached hydrogen (secondary N) is 1. The molecular weight excluding hydrogens is 204 g/mol. The lowest BCUT2D eigenvalue weighted by atomic mass is 10.1. The Morgan fingerprint density at radius 1 is 1.44 bits per heavy atom. The van der Waals surface area contributed by atoms with Gasteiger partial charge in [0.05, 0.1) is 0 Å². The van der Waals surface area contributed by atoms with Gasteiger partial charge in [-0.05, 0) is 5.56 Å². The number of hydrogen-bond acceptors (Lipinski definition) is 3. The van der Waals surface area contributed by atoms with E-state index in [1.54, 1.807) is 0 Å². The molecule has 2 rings (SSSR count). The fourth-order valence-electron chi connectivity index (χ4n) is 1.96. The zero-order chi connectivity index (χ0) is 11.4. The van der Waals surface area contributed by atoms with Gasteiger partial charge in [0.2, 0.25) is 0 Å². The molecule has 0 spiro atoms. The van der Waals surface area contributed by atoms with Crippen LogP contribution in [0.25, 0.3) is 0 Å². The van der Waals surface area contributed by atoms with Crippen molar-refractivity contribution in [3.63, 3.8) is 0 Å². The first-order valence-electron chi connectivity index (χ1n) is 5.48. The molecule has 0 aliphatic carbocycles. The van der Waals surface area contributed by atoms with E-state index in [0.29, 0.717) is 6.54 Å². The molecule has 4 heteroatoms. The summed E-state index contributed by atoms with van der Waals surface area (Å²) in [5.41, 5.74) is 1.23. The number of benzene rings is 1. The summed E-state index contributed by atoms with van der Waals surface area (Å²) in [6, 6.07) is 9.70. The van der Waals surface area contributed by atoms with Gasteiger partial charge >= 0.3 is 5.97 Å². The fourth-order valence-corrected chi connectivity index (χ4v) is 1.96. The van der Waals surface area contributed by atoms with Crippen LogP contribution in [0.1, 0.15) is 5.56 Å². The molecule has 4 nitrogen and oxygen atoms in total. The van der Waals surface area contributed by atoms with Crippen molar-refractivity contribution in [2.45, 2.75) is 12.6 Å². The van der Waals surface area contributed by atoms with Crippen molar-refractivity contribution in [2.24, 2.45) is 0 Å². The van der Waals surface area contributed by atoms with E-state index in [2.05, 4.69) is 22.3 Å². The van der Waals surface area contributed by atoms with E-state index >= 15 is 0 Å². The van der Waals surface area contributed by atoms with Crippen molar-refractivity contribution in [1.29, 1.82) is 0 Å². The summed E-state index contributed by atoms with van der Waals surface area (Å²) in [5, 5.41) is 11.9. The van der Waals surface area contributed by atoms with Crippen molar-refractivity contribution < 1.29 is 9.90 Å². The number of carbonyl (C=O) groups is 1. The predicted octanol–water partition coefficient (Wildman–Crippen LogP) is 0.545. The van der Waals surface area contributed by atoms with E-state index in [9.17, 15) is 4.79 Å². The first-order chi connectivity index (χ1) is 7.75. The maximum atomic E-state index is 10.9. The summed E-state index contributed by atoms with van der Waals surface area (Å²) in [6.45, 7) is 3.04. The molecule has 1 atom stereocenters. The van der Waals surface area contributed by atoms with Gasteiger partial charge in [-0.25, -0.2) is 0 Å². The van der Waals surface area contributed by atoms with Crippen LogP contribution in [0.3, 0.4) is 0 Å². The smallest absolute Gasteiger partial charge is 0.322 e. The Kier molecular flexibility index (Phi) is 3.54. The van der Waals surface area contributed by atoms with Crippen LogP contribution < -0.4 is 5.32 Å². The number of aliphatic carboxylic acids is 1. The Morgan fingerprint density at radius 2 is 2.19 bits per heavy atom. The molecule has 1 saturated heterocycles. The lowest BCUT2D eigenvalue weighted by Gasteiger charge is -2.31. The molecular formula is C12H16N2O2. The summed E-state index contributed by atoms with van der Waals surface area (Å²) in [5.74, 6) is -0.766. The zero-order valence-electron chi connectivity index (χ0n) is 9.10. The first-order valence-corrected chi connectivity index (χ1v) is 5.48. The topological polar surface area (TPSA) is 52.6 Å². The van der Waals surface area contributed by atoms with Gasteiger partial charge in [0.25, 0.3) is 0 Å². The number of carboxylic acid groups (broad SMARTS) is 1. The Morgan fingerprint density at radius 3 is 2.88 bits per heavy atom. The highest BCUT2D eigenvalue weighted by atomic mass is 16.4. The monoisotopic (exact) mass is 220 g/mol. The maximum absolute atomic E-state index is 10.9. The van der Waals surface area contributed by atoms with Crippen LogP contribution in [-0.2, 0) is 11.3 Å². The maximum Gasteiger partial charge on any atom is 0.322 e. The van der Waals surface area contributed by atoms with Crippen molar-refractivity contribution in [3.05, 3.63) is 35.9 Å². The number of piperazine rings is 1. The molecule has 0 radical (unpaired) electrons. The van der Waals surface area contributed by atoms with Gasteiger partial charge in [-0.2, -0.15) is 0 Å². The highest BCUT2D eigenvalue weighted by Crippen LogP contribution is 2.07. The molecule has 0 amide bonds. The lowest BCUT2D eigenvalue weighted by molar-refractivity contribution is -0.140. The standard InChI is InChI=1S/C12H16N2O2/c15-12(16)11-9-14(7-6-13-11)8-10-4-2-1-3-5-10/h1-5,11,13H,6-9H2,(H,15,16)/t11-/m0/s1. The lowest BCUT2D eigenvalue weighted by Crippen LogP contribution is -2.53. The van der Waals surface area contributed by atoms with Gasteiger partial charge in [0, 0.05) is 26.2 Å². The Balaban J connectivity index is 1.93. The normalized spacial score (nSPS) is 21.9. The second-order valence-corrected chi connectivity index (χ2v) is 4.07. The molecule has 1 aromatic rings. The highest BCUT2D eigenvalue weighted by Gasteiger charge is 2.24. The van der Waals surface area contributed by atoms with Crippen LogP contribution in [0.2, 0.25) is 0 Å². The summed E-state index contributed by atoms with van der Waals surface area (Å²) in [7, 11) is 0. The van der Waals surface area contributed by atoms with Crippen LogP contribution in [0.4, 0.5) is 0 Å². The van der Waals surface area contributed by atoms with Crippen LogP contribution in [0.15, 0.2) is 30.3 Å². The largest absolute Gasteiger partial charge is 0.480 e. The van der Waals surface area contributed by atoms with Crippen LogP contribution in [0, 0.1) is 0 Å². The Labute approximate surface area is 94.9 Å². The molecule has 16 heavy (non-hydrogen) atoms. The minimum Gasteiger partial charge on any atom is -0.480 e. The number of nitrogens with zero attached hydrogens (tertiary/aromatic N) is 1. The second kappa shape index (κ2) is 5.09. The third kappa shape index (κ3) is 2.81. The Hall–Kier alpha value is -1.39. The van der Waals surface area contributed by atoms with E-state index in [-0.39, 0.29) is 0 Å². The summed E-state index contributed by atoms with van der Waals surface area (Å²) >= 11 is 0. The molecule has 0 bridgehead atoms. The highest BCUT2D eigenvalue weighted by molar-refractivity contribution is 5.73. The van der Waals surface area contributed by atoms with E-state index in [1.165, 1.54) is 5.56 Å². The fraction of sp³-hybridized carbons (Fsp3) is 0.417. The summed E-state index contributed by atoms with van der Waals surface area (Å²) in [4.78, 5) is 13.0. The van der Waals surface area contributed by atoms with Gasteiger partial charge < -0.3 is 10.4 Å². The van der Waals surface area contributed by atoms with Crippen LogP contribution in [0.5, 0.6) is 0 Å².